The summed E-state index contributed by atoms with van der Waals surface area (Å²) in [6.45, 7) is 0. The van der Waals surface area contributed by atoms with Crippen molar-refractivity contribution in [1.29, 1.82) is 0 Å². The van der Waals surface area contributed by atoms with Crippen molar-refractivity contribution in [3.8, 4) is 0 Å². The number of nitrogens with two attached hydrogens (primary N) is 1. The zero-order valence-corrected chi connectivity index (χ0v) is 12.5. The maximum Gasteiger partial charge on any atom is 0.173 e. The predicted octanol–water partition coefficient (Wildman–Crippen LogP) is 4.76. The Morgan fingerprint density at radius 2 is 1.80 bits per heavy atom. The average molecular weight is 365 g/mol. The van der Waals surface area contributed by atoms with E-state index in [1.165, 1.54) is 18.2 Å². The fourth-order valence-electron chi connectivity index (χ4n) is 1.86. The molecule has 0 bridgehead atoms. The zero-order valence-electron chi connectivity index (χ0n) is 10.1. The second kappa shape index (κ2) is 6.16. The van der Waals surface area contributed by atoms with Crippen LogP contribution in [0.4, 0.5) is 13.2 Å². The molecule has 20 heavy (non-hydrogen) atoms. The fourth-order valence-corrected chi connectivity index (χ4v) is 2.59. The molecule has 0 aliphatic rings. The summed E-state index contributed by atoms with van der Waals surface area (Å²) in [6.07, 6.45) is 0.276. The van der Waals surface area contributed by atoms with Gasteiger partial charge in [0.05, 0.1) is 9.50 Å². The second-order valence-electron chi connectivity index (χ2n) is 4.32. The van der Waals surface area contributed by atoms with Crippen LogP contribution in [0.1, 0.15) is 17.2 Å². The molecular weight excluding hydrogens is 355 g/mol. The van der Waals surface area contributed by atoms with Gasteiger partial charge in [0, 0.05) is 6.04 Å². The molecule has 0 amide bonds. The summed E-state index contributed by atoms with van der Waals surface area (Å²) in [4.78, 5) is 0. The van der Waals surface area contributed by atoms with E-state index in [4.69, 9.17) is 17.3 Å². The van der Waals surface area contributed by atoms with E-state index >= 15 is 0 Å². The van der Waals surface area contributed by atoms with Crippen molar-refractivity contribution >= 4 is 27.5 Å². The molecule has 0 aliphatic carbocycles. The largest absolute Gasteiger partial charge is 0.324 e. The summed E-state index contributed by atoms with van der Waals surface area (Å²) >= 11 is 8.57. The lowest BCUT2D eigenvalue weighted by Gasteiger charge is -2.15. The van der Waals surface area contributed by atoms with Gasteiger partial charge < -0.3 is 5.73 Å². The summed E-state index contributed by atoms with van der Waals surface area (Å²) in [5.74, 6) is -2.48. The topological polar surface area (TPSA) is 26.0 Å². The smallest absolute Gasteiger partial charge is 0.173 e. The molecule has 0 aromatic heterocycles. The third-order valence-corrected chi connectivity index (χ3v) is 4.02. The van der Waals surface area contributed by atoms with Crippen molar-refractivity contribution in [2.24, 2.45) is 5.73 Å². The van der Waals surface area contributed by atoms with Gasteiger partial charge in [-0.1, -0.05) is 23.7 Å². The van der Waals surface area contributed by atoms with Gasteiger partial charge in [-0.15, -0.1) is 0 Å². The highest BCUT2D eigenvalue weighted by molar-refractivity contribution is 9.10. The summed E-state index contributed by atoms with van der Waals surface area (Å²) in [5, 5.41) is 0.0244. The van der Waals surface area contributed by atoms with E-state index in [1.807, 2.05) is 0 Å². The lowest BCUT2D eigenvalue weighted by molar-refractivity contribution is 0.500. The predicted molar refractivity (Wildman–Crippen MR) is 76.1 cm³/mol. The number of hydrogen-bond donors (Lipinski definition) is 1. The Morgan fingerprint density at radius 3 is 2.45 bits per heavy atom. The number of hydrogen-bond acceptors (Lipinski definition) is 1. The second-order valence-corrected chi connectivity index (χ2v) is 5.52. The van der Waals surface area contributed by atoms with Crippen molar-refractivity contribution in [2.75, 3.05) is 0 Å². The molecule has 106 valence electrons. The van der Waals surface area contributed by atoms with Gasteiger partial charge in [-0.05, 0) is 51.7 Å². The van der Waals surface area contributed by atoms with E-state index in [0.717, 1.165) is 6.07 Å². The lowest BCUT2D eigenvalue weighted by atomic mass is 9.99. The van der Waals surface area contributed by atoms with Gasteiger partial charge >= 0.3 is 0 Å². The quantitative estimate of drug-likeness (QED) is 0.781. The number of benzene rings is 2. The van der Waals surface area contributed by atoms with E-state index in [-0.39, 0.29) is 15.9 Å². The van der Waals surface area contributed by atoms with E-state index in [9.17, 15) is 13.2 Å². The summed E-state index contributed by atoms with van der Waals surface area (Å²) in [7, 11) is 0. The Bertz CT molecular complexity index is 649. The van der Waals surface area contributed by atoms with Crippen LogP contribution in [-0.4, -0.2) is 0 Å². The minimum absolute atomic E-state index is 0.0144. The van der Waals surface area contributed by atoms with Gasteiger partial charge in [-0.3, -0.25) is 0 Å². The van der Waals surface area contributed by atoms with E-state index in [2.05, 4.69) is 15.9 Å². The maximum absolute atomic E-state index is 13.5. The molecule has 0 fully saturated rings. The van der Waals surface area contributed by atoms with E-state index < -0.39 is 23.5 Å². The zero-order chi connectivity index (χ0) is 14.9. The third-order valence-electron chi connectivity index (χ3n) is 2.90. The van der Waals surface area contributed by atoms with Gasteiger partial charge in [0.1, 0.15) is 5.82 Å². The van der Waals surface area contributed by atoms with Gasteiger partial charge in [0.2, 0.25) is 0 Å². The monoisotopic (exact) mass is 363 g/mol. The first-order valence-electron chi connectivity index (χ1n) is 5.73. The molecule has 0 saturated heterocycles. The van der Waals surface area contributed by atoms with Crippen LogP contribution >= 0.6 is 27.5 Å². The average Bonchev–Trinajstić information content (AvgIpc) is 2.40. The summed E-state index contributed by atoms with van der Waals surface area (Å²) in [5.41, 5.74) is 7.00. The first-order valence-corrected chi connectivity index (χ1v) is 6.90. The van der Waals surface area contributed by atoms with Crippen molar-refractivity contribution < 1.29 is 13.2 Å². The van der Waals surface area contributed by atoms with E-state index in [1.54, 1.807) is 6.07 Å². The van der Waals surface area contributed by atoms with Gasteiger partial charge in [-0.2, -0.15) is 0 Å². The number of halogens is 5. The van der Waals surface area contributed by atoms with E-state index in [0.29, 0.717) is 11.1 Å². The Kier molecular flexibility index (Phi) is 4.73. The molecule has 0 saturated carbocycles. The molecule has 1 nitrogen and oxygen atoms in total. The number of rotatable bonds is 3. The molecule has 0 spiro atoms. The van der Waals surface area contributed by atoms with Crippen LogP contribution in [0.15, 0.2) is 34.8 Å². The normalized spacial score (nSPS) is 12.5. The van der Waals surface area contributed by atoms with Crippen LogP contribution in [-0.2, 0) is 6.42 Å². The molecular formula is C14H10BrClF3N. The van der Waals surface area contributed by atoms with Crippen LogP contribution in [0.25, 0.3) is 0 Å². The van der Waals surface area contributed by atoms with Crippen LogP contribution in [0.3, 0.4) is 0 Å². The van der Waals surface area contributed by atoms with Crippen molar-refractivity contribution in [2.45, 2.75) is 12.5 Å². The Balaban J connectivity index is 2.26. The molecule has 2 N–H and O–H groups in total. The van der Waals surface area contributed by atoms with Crippen LogP contribution in [0.5, 0.6) is 0 Å². The maximum atomic E-state index is 13.5. The molecule has 2 rings (SSSR count). The van der Waals surface area contributed by atoms with Crippen LogP contribution in [0.2, 0.25) is 5.02 Å². The van der Waals surface area contributed by atoms with Crippen LogP contribution in [0, 0.1) is 17.5 Å². The van der Waals surface area contributed by atoms with Crippen molar-refractivity contribution in [1.82, 2.24) is 0 Å². The third kappa shape index (κ3) is 3.16. The standard InChI is InChI=1S/C14H10BrClF3N/c15-13-8(2-4-10(17)14(13)19)12(20)6-7-1-3-9(16)11(18)5-7/h1-5,12H,6,20H2. The molecule has 0 heterocycles. The van der Waals surface area contributed by atoms with Gasteiger partial charge in [0.25, 0.3) is 0 Å². The minimum atomic E-state index is -0.986. The molecule has 0 aliphatic heterocycles. The summed E-state index contributed by atoms with van der Waals surface area (Å²) < 4.78 is 39.8. The first kappa shape index (κ1) is 15.4. The highest BCUT2D eigenvalue weighted by Gasteiger charge is 2.17. The van der Waals surface area contributed by atoms with Crippen molar-refractivity contribution in [3.05, 3.63) is 68.4 Å². The van der Waals surface area contributed by atoms with Crippen molar-refractivity contribution in [3.63, 3.8) is 0 Å². The fraction of sp³-hybridized carbons (Fsp3) is 0.143. The van der Waals surface area contributed by atoms with Gasteiger partial charge in [-0.25, -0.2) is 13.2 Å². The molecule has 2 aromatic rings. The molecule has 2 aromatic carbocycles. The highest BCUT2D eigenvalue weighted by Crippen LogP contribution is 2.29. The highest BCUT2D eigenvalue weighted by atomic mass is 79.9. The molecule has 1 atom stereocenters. The molecule has 1 unspecified atom stereocenters. The Labute approximate surface area is 127 Å². The minimum Gasteiger partial charge on any atom is -0.324 e. The van der Waals surface area contributed by atoms with Crippen LogP contribution < -0.4 is 5.73 Å². The molecule has 0 radical (unpaired) electrons. The Morgan fingerprint density at radius 1 is 1.10 bits per heavy atom. The lowest BCUT2D eigenvalue weighted by Crippen LogP contribution is -2.15. The molecule has 6 heteroatoms. The summed E-state index contributed by atoms with van der Waals surface area (Å²) in [6, 6.07) is 6.16. The first-order chi connectivity index (χ1) is 9.40. The SMILES string of the molecule is NC(Cc1ccc(Cl)c(F)c1)c1ccc(F)c(F)c1Br. The van der Waals surface area contributed by atoms with Gasteiger partial charge in [0.15, 0.2) is 11.6 Å². The Hall–Kier alpha value is -1.04.